The van der Waals surface area contributed by atoms with Crippen molar-refractivity contribution < 1.29 is 19.1 Å². The van der Waals surface area contributed by atoms with Gasteiger partial charge in [-0.15, -0.1) is 0 Å². The zero-order valence-corrected chi connectivity index (χ0v) is 16.4. The average molecular weight is 383 g/mol. The van der Waals surface area contributed by atoms with Gasteiger partial charge < -0.3 is 24.6 Å². The standard InChI is InChI=1S/C21H25N3O4/c1-23-10-12-24(13-11-23)19-9-6-16(21(26)28-3)14-18(19)22-20(25)15-4-7-17(27-2)8-5-15/h4-9,14H,10-13H2,1-3H3,(H,22,25). The number of carbonyl (C=O) groups is 2. The Morgan fingerprint density at radius 2 is 1.57 bits per heavy atom. The van der Waals surface area contributed by atoms with Crippen LogP contribution < -0.4 is 15.0 Å². The number of nitrogens with one attached hydrogen (secondary N) is 1. The molecule has 1 saturated heterocycles. The van der Waals surface area contributed by atoms with E-state index in [1.165, 1.54) is 7.11 Å². The first-order valence-corrected chi connectivity index (χ1v) is 9.13. The molecule has 28 heavy (non-hydrogen) atoms. The number of esters is 1. The summed E-state index contributed by atoms with van der Waals surface area (Å²) >= 11 is 0. The smallest absolute Gasteiger partial charge is 0.337 e. The third-order valence-electron chi connectivity index (χ3n) is 4.86. The Morgan fingerprint density at radius 1 is 0.929 bits per heavy atom. The van der Waals surface area contributed by atoms with Crippen LogP contribution in [0.15, 0.2) is 42.5 Å². The van der Waals surface area contributed by atoms with E-state index in [0.29, 0.717) is 22.6 Å². The van der Waals surface area contributed by atoms with Gasteiger partial charge in [-0.25, -0.2) is 4.79 Å². The van der Waals surface area contributed by atoms with Crippen LogP contribution in [0.2, 0.25) is 0 Å². The lowest BCUT2D eigenvalue weighted by atomic mass is 10.1. The molecule has 0 atom stereocenters. The molecule has 2 aromatic carbocycles. The Labute approximate surface area is 164 Å². The lowest BCUT2D eigenvalue weighted by Gasteiger charge is -2.35. The van der Waals surface area contributed by atoms with E-state index < -0.39 is 5.97 Å². The SMILES string of the molecule is COC(=O)c1ccc(N2CCN(C)CC2)c(NC(=O)c2ccc(OC)cc2)c1. The topological polar surface area (TPSA) is 71.1 Å². The fraction of sp³-hybridized carbons (Fsp3) is 0.333. The van der Waals surface area contributed by atoms with E-state index in [2.05, 4.69) is 22.2 Å². The number of nitrogens with zero attached hydrogens (tertiary/aromatic N) is 2. The molecule has 1 amide bonds. The van der Waals surface area contributed by atoms with Crippen molar-refractivity contribution in [2.45, 2.75) is 0 Å². The molecule has 0 bridgehead atoms. The summed E-state index contributed by atoms with van der Waals surface area (Å²) in [6.07, 6.45) is 0. The average Bonchev–Trinajstić information content (AvgIpc) is 2.74. The predicted octanol–water partition coefficient (Wildman–Crippen LogP) is 2.49. The third-order valence-corrected chi connectivity index (χ3v) is 4.86. The molecule has 1 fully saturated rings. The fourth-order valence-electron chi connectivity index (χ4n) is 3.14. The van der Waals surface area contributed by atoms with Gasteiger partial charge in [0.05, 0.1) is 31.2 Å². The number of ether oxygens (including phenoxy) is 2. The van der Waals surface area contributed by atoms with Gasteiger partial charge in [0.2, 0.25) is 0 Å². The summed E-state index contributed by atoms with van der Waals surface area (Å²) < 4.78 is 9.96. The molecule has 7 heteroatoms. The van der Waals surface area contributed by atoms with Crippen LogP contribution >= 0.6 is 0 Å². The second-order valence-corrected chi connectivity index (χ2v) is 6.70. The Kier molecular flexibility index (Phi) is 6.16. The molecule has 7 nitrogen and oxygen atoms in total. The number of anilines is 2. The summed E-state index contributed by atoms with van der Waals surface area (Å²) in [4.78, 5) is 29.2. The molecule has 0 aromatic heterocycles. The van der Waals surface area contributed by atoms with E-state index in [9.17, 15) is 9.59 Å². The van der Waals surface area contributed by atoms with Crippen LogP contribution in [0.3, 0.4) is 0 Å². The van der Waals surface area contributed by atoms with E-state index in [-0.39, 0.29) is 5.91 Å². The van der Waals surface area contributed by atoms with Crippen LogP contribution in [0.5, 0.6) is 5.75 Å². The van der Waals surface area contributed by atoms with E-state index in [1.54, 1.807) is 43.5 Å². The van der Waals surface area contributed by atoms with Crippen molar-refractivity contribution in [3.63, 3.8) is 0 Å². The van der Waals surface area contributed by atoms with Gasteiger partial charge in [0.15, 0.2) is 0 Å². The summed E-state index contributed by atoms with van der Waals surface area (Å²) in [6.45, 7) is 3.56. The normalized spacial score (nSPS) is 14.5. The highest BCUT2D eigenvalue weighted by Crippen LogP contribution is 2.29. The highest BCUT2D eigenvalue weighted by Gasteiger charge is 2.20. The number of carbonyl (C=O) groups excluding carboxylic acids is 2. The van der Waals surface area contributed by atoms with E-state index in [1.807, 2.05) is 6.07 Å². The lowest BCUT2D eigenvalue weighted by Crippen LogP contribution is -2.44. The Balaban J connectivity index is 1.88. The number of amides is 1. The zero-order valence-electron chi connectivity index (χ0n) is 16.4. The van der Waals surface area contributed by atoms with Gasteiger partial charge >= 0.3 is 5.97 Å². The number of rotatable bonds is 5. The van der Waals surface area contributed by atoms with Gasteiger partial charge in [0.25, 0.3) is 5.91 Å². The highest BCUT2D eigenvalue weighted by atomic mass is 16.5. The van der Waals surface area contributed by atoms with Crippen LogP contribution in [0.25, 0.3) is 0 Å². The molecule has 0 radical (unpaired) electrons. The molecule has 0 saturated carbocycles. The molecule has 148 valence electrons. The van der Waals surface area contributed by atoms with Crippen LogP contribution in [0, 0.1) is 0 Å². The lowest BCUT2D eigenvalue weighted by molar-refractivity contribution is 0.0600. The molecule has 1 aliphatic heterocycles. The van der Waals surface area contributed by atoms with Crippen LogP contribution in [0.4, 0.5) is 11.4 Å². The summed E-state index contributed by atoms with van der Waals surface area (Å²) in [5.41, 5.74) is 2.38. The molecule has 3 rings (SSSR count). The first-order chi connectivity index (χ1) is 13.5. The van der Waals surface area contributed by atoms with Crippen LogP contribution in [-0.2, 0) is 4.74 Å². The highest BCUT2D eigenvalue weighted by molar-refractivity contribution is 6.07. The molecule has 0 aliphatic carbocycles. The van der Waals surface area contributed by atoms with E-state index >= 15 is 0 Å². The number of methoxy groups -OCH3 is 2. The minimum absolute atomic E-state index is 0.250. The van der Waals surface area contributed by atoms with Crippen LogP contribution in [0.1, 0.15) is 20.7 Å². The minimum Gasteiger partial charge on any atom is -0.497 e. The molecule has 1 heterocycles. The monoisotopic (exact) mass is 383 g/mol. The van der Waals surface area contributed by atoms with Gasteiger partial charge in [-0.3, -0.25) is 4.79 Å². The molecule has 0 unspecified atom stereocenters. The summed E-state index contributed by atoms with van der Waals surface area (Å²) in [5.74, 6) is -0.00714. The fourth-order valence-corrected chi connectivity index (χ4v) is 3.14. The number of hydrogen-bond acceptors (Lipinski definition) is 6. The predicted molar refractivity (Wildman–Crippen MR) is 108 cm³/mol. The molecule has 1 N–H and O–H groups in total. The maximum atomic E-state index is 12.8. The van der Waals surface area contributed by atoms with Gasteiger partial charge in [0, 0.05) is 31.7 Å². The quantitative estimate of drug-likeness (QED) is 0.800. The minimum atomic E-state index is -0.440. The maximum Gasteiger partial charge on any atom is 0.337 e. The number of benzene rings is 2. The van der Waals surface area contributed by atoms with Crippen molar-refractivity contribution in [2.24, 2.45) is 0 Å². The first-order valence-electron chi connectivity index (χ1n) is 9.13. The Bertz CT molecular complexity index is 843. The molecule has 0 spiro atoms. The largest absolute Gasteiger partial charge is 0.497 e. The van der Waals surface area contributed by atoms with Crippen molar-refractivity contribution >= 4 is 23.3 Å². The van der Waals surface area contributed by atoms with Gasteiger partial charge in [-0.2, -0.15) is 0 Å². The number of piperazine rings is 1. The summed E-state index contributed by atoms with van der Waals surface area (Å²) in [6, 6.07) is 12.1. The summed E-state index contributed by atoms with van der Waals surface area (Å²) in [7, 11) is 5.01. The van der Waals surface area contributed by atoms with E-state index in [0.717, 1.165) is 31.9 Å². The van der Waals surface area contributed by atoms with Gasteiger partial charge in [-0.05, 0) is 49.5 Å². The number of likely N-dealkylation sites (N-methyl/N-ethyl adjacent to an activating group) is 1. The summed E-state index contributed by atoms with van der Waals surface area (Å²) in [5, 5.41) is 2.95. The third kappa shape index (κ3) is 4.43. The molecule has 1 aliphatic rings. The second-order valence-electron chi connectivity index (χ2n) is 6.70. The number of hydrogen-bond donors (Lipinski definition) is 1. The molecule has 2 aromatic rings. The van der Waals surface area contributed by atoms with Gasteiger partial charge in [-0.1, -0.05) is 0 Å². The zero-order chi connectivity index (χ0) is 20.1. The van der Waals surface area contributed by atoms with E-state index in [4.69, 9.17) is 9.47 Å². The molecular weight excluding hydrogens is 358 g/mol. The van der Waals surface area contributed by atoms with Crippen molar-refractivity contribution in [2.75, 3.05) is 57.7 Å². The van der Waals surface area contributed by atoms with Crippen molar-refractivity contribution in [1.82, 2.24) is 4.90 Å². The maximum absolute atomic E-state index is 12.8. The Hall–Kier alpha value is -3.06. The first kappa shape index (κ1) is 19.7. The van der Waals surface area contributed by atoms with Gasteiger partial charge in [0.1, 0.15) is 5.75 Å². The van der Waals surface area contributed by atoms with Crippen molar-refractivity contribution in [3.8, 4) is 5.75 Å². The van der Waals surface area contributed by atoms with Crippen LogP contribution in [-0.4, -0.2) is 64.2 Å². The molecular formula is C21H25N3O4. The second kappa shape index (κ2) is 8.75. The van der Waals surface area contributed by atoms with Crippen molar-refractivity contribution in [1.29, 1.82) is 0 Å². The van der Waals surface area contributed by atoms with Crippen molar-refractivity contribution in [3.05, 3.63) is 53.6 Å². The Morgan fingerprint density at radius 3 is 2.18 bits per heavy atom.